The highest BCUT2D eigenvalue weighted by atomic mass is 19.3. The normalized spacial score (nSPS) is 26.9. The van der Waals surface area contributed by atoms with E-state index >= 15 is 0 Å². The fourth-order valence-electron chi connectivity index (χ4n) is 1.81. The smallest absolute Gasteiger partial charge is 0.255 e. The van der Waals surface area contributed by atoms with Gasteiger partial charge < -0.3 is 10.2 Å². The third-order valence-electron chi connectivity index (χ3n) is 2.67. The van der Waals surface area contributed by atoms with E-state index in [2.05, 4.69) is 5.32 Å². The van der Waals surface area contributed by atoms with Crippen LogP contribution >= 0.6 is 0 Å². The Bertz CT molecular complexity index is 284. The van der Waals surface area contributed by atoms with Gasteiger partial charge in [0.15, 0.2) is 0 Å². The zero-order chi connectivity index (χ0) is 12.3. The van der Waals surface area contributed by atoms with Crippen molar-refractivity contribution in [3.05, 3.63) is 0 Å². The third-order valence-corrected chi connectivity index (χ3v) is 2.67. The van der Waals surface area contributed by atoms with Gasteiger partial charge in [-0.3, -0.25) is 9.59 Å². The van der Waals surface area contributed by atoms with Crippen LogP contribution < -0.4 is 5.32 Å². The lowest BCUT2D eigenvalue weighted by atomic mass is 10.2. The van der Waals surface area contributed by atoms with E-state index in [0.717, 1.165) is 4.90 Å². The van der Waals surface area contributed by atoms with Gasteiger partial charge in [-0.2, -0.15) is 0 Å². The van der Waals surface area contributed by atoms with E-state index in [1.54, 1.807) is 13.8 Å². The number of nitrogens with one attached hydrogen (secondary N) is 1. The van der Waals surface area contributed by atoms with Crippen molar-refractivity contribution in [2.24, 2.45) is 0 Å². The SMILES string of the molecule is CCC1NC(=O)CC(C)N(CC(F)F)C1=O. The second-order valence-corrected chi connectivity index (χ2v) is 3.96. The number of hydrogen-bond donors (Lipinski definition) is 1. The lowest BCUT2D eigenvalue weighted by Gasteiger charge is -2.27. The molecule has 1 N–H and O–H groups in total. The van der Waals surface area contributed by atoms with Gasteiger partial charge >= 0.3 is 0 Å². The topological polar surface area (TPSA) is 49.4 Å². The molecule has 0 bridgehead atoms. The quantitative estimate of drug-likeness (QED) is 0.784. The predicted molar refractivity (Wildman–Crippen MR) is 54.0 cm³/mol. The molecule has 0 aromatic heterocycles. The van der Waals surface area contributed by atoms with Crippen LogP contribution in [-0.4, -0.2) is 41.8 Å². The standard InChI is InChI=1S/C10H16F2N2O2/c1-3-7-10(16)14(5-8(11)12)6(2)4-9(15)13-7/h6-8H,3-5H2,1-2H3,(H,13,15). The Hall–Kier alpha value is -1.20. The van der Waals surface area contributed by atoms with Crippen molar-refractivity contribution in [3.8, 4) is 0 Å². The summed E-state index contributed by atoms with van der Waals surface area (Å²) in [5.74, 6) is -0.675. The van der Waals surface area contributed by atoms with E-state index in [9.17, 15) is 18.4 Å². The average Bonchev–Trinajstić information content (AvgIpc) is 2.29. The third kappa shape index (κ3) is 2.90. The lowest BCUT2D eigenvalue weighted by Crippen LogP contribution is -2.47. The second kappa shape index (κ2) is 5.23. The van der Waals surface area contributed by atoms with Crippen LogP contribution in [0.25, 0.3) is 0 Å². The fraction of sp³-hybridized carbons (Fsp3) is 0.800. The van der Waals surface area contributed by atoms with Crippen molar-refractivity contribution < 1.29 is 18.4 Å². The summed E-state index contributed by atoms with van der Waals surface area (Å²) in [7, 11) is 0. The maximum absolute atomic E-state index is 12.3. The van der Waals surface area contributed by atoms with Crippen LogP contribution in [0.15, 0.2) is 0 Å². The maximum atomic E-state index is 12.3. The molecular weight excluding hydrogens is 218 g/mol. The van der Waals surface area contributed by atoms with E-state index in [1.165, 1.54) is 0 Å². The van der Waals surface area contributed by atoms with Gasteiger partial charge in [0.25, 0.3) is 6.43 Å². The highest BCUT2D eigenvalue weighted by molar-refractivity contribution is 5.90. The Balaban J connectivity index is 2.85. The molecule has 2 unspecified atom stereocenters. The molecule has 1 heterocycles. The molecule has 2 atom stereocenters. The summed E-state index contributed by atoms with van der Waals surface area (Å²) in [6.45, 7) is 2.74. The van der Waals surface area contributed by atoms with Crippen molar-refractivity contribution in [1.29, 1.82) is 0 Å². The van der Waals surface area contributed by atoms with Gasteiger partial charge in [-0.05, 0) is 13.3 Å². The molecule has 1 aliphatic heterocycles. The first-order valence-electron chi connectivity index (χ1n) is 5.33. The number of rotatable bonds is 3. The Morgan fingerprint density at radius 2 is 2.12 bits per heavy atom. The number of hydrogen-bond acceptors (Lipinski definition) is 2. The van der Waals surface area contributed by atoms with Crippen molar-refractivity contribution in [1.82, 2.24) is 10.2 Å². The highest BCUT2D eigenvalue weighted by Gasteiger charge is 2.34. The minimum atomic E-state index is -2.57. The molecule has 4 nitrogen and oxygen atoms in total. The summed E-state index contributed by atoms with van der Waals surface area (Å²) < 4.78 is 24.7. The molecule has 1 fully saturated rings. The molecule has 0 aromatic carbocycles. The van der Waals surface area contributed by atoms with Crippen molar-refractivity contribution in [2.75, 3.05) is 6.54 Å². The number of carbonyl (C=O) groups excluding carboxylic acids is 2. The van der Waals surface area contributed by atoms with Gasteiger partial charge in [0, 0.05) is 12.5 Å². The monoisotopic (exact) mass is 234 g/mol. The summed E-state index contributed by atoms with van der Waals surface area (Å²) in [5.41, 5.74) is 0. The molecule has 92 valence electrons. The van der Waals surface area contributed by atoms with Crippen molar-refractivity contribution in [2.45, 2.75) is 45.2 Å². The average molecular weight is 234 g/mol. The van der Waals surface area contributed by atoms with Crippen LogP contribution in [0.4, 0.5) is 8.78 Å². The van der Waals surface area contributed by atoms with E-state index in [4.69, 9.17) is 0 Å². The van der Waals surface area contributed by atoms with E-state index in [1.807, 2.05) is 0 Å². The fourth-order valence-corrected chi connectivity index (χ4v) is 1.81. The first-order valence-corrected chi connectivity index (χ1v) is 5.33. The largest absolute Gasteiger partial charge is 0.344 e. The second-order valence-electron chi connectivity index (χ2n) is 3.96. The maximum Gasteiger partial charge on any atom is 0.255 e. The number of nitrogens with zero attached hydrogens (tertiary/aromatic N) is 1. The Labute approximate surface area is 93.0 Å². The number of halogens is 2. The van der Waals surface area contributed by atoms with Gasteiger partial charge in [-0.25, -0.2) is 8.78 Å². The van der Waals surface area contributed by atoms with Crippen LogP contribution in [0.3, 0.4) is 0 Å². The summed E-state index contributed by atoms with van der Waals surface area (Å²) in [6, 6.07) is -1.14. The van der Waals surface area contributed by atoms with Gasteiger partial charge in [-0.1, -0.05) is 6.92 Å². The summed E-state index contributed by atoms with van der Waals surface area (Å²) in [5, 5.41) is 2.54. The summed E-state index contributed by atoms with van der Waals surface area (Å²) >= 11 is 0. The molecule has 6 heteroatoms. The number of carbonyl (C=O) groups is 2. The van der Waals surface area contributed by atoms with Crippen LogP contribution in [0.5, 0.6) is 0 Å². The van der Waals surface area contributed by atoms with Gasteiger partial charge in [0.1, 0.15) is 6.04 Å². The first kappa shape index (κ1) is 12.9. The molecule has 1 aliphatic rings. The predicted octanol–water partition coefficient (Wildman–Crippen LogP) is 0.767. The minimum absolute atomic E-state index is 0.0783. The summed E-state index contributed by atoms with van der Waals surface area (Å²) in [4.78, 5) is 24.3. The highest BCUT2D eigenvalue weighted by Crippen LogP contribution is 2.14. The molecular formula is C10H16F2N2O2. The molecule has 0 aliphatic carbocycles. The van der Waals surface area contributed by atoms with E-state index < -0.39 is 31.0 Å². The molecule has 0 aromatic rings. The van der Waals surface area contributed by atoms with Gasteiger partial charge in [0.2, 0.25) is 11.8 Å². The molecule has 0 spiro atoms. The van der Waals surface area contributed by atoms with Crippen LogP contribution in [0.1, 0.15) is 26.7 Å². The van der Waals surface area contributed by atoms with Crippen LogP contribution in [-0.2, 0) is 9.59 Å². The zero-order valence-corrected chi connectivity index (χ0v) is 9.37. The minimum Gasteiger partial charge on any atom is -0.344 e. The molecule has 16 heavy (non-hydrogen) atoms. The Kier molecular flexibility index (Phi) is 4.20. The van der Waals surface area contributed by atoms with E-state index in [-0.39, 0.29) is 12.3 Å². The number of amides is 2. The van der Waals surface area contributed by atoms with Crippen LogP contribution in [0, 0.1) is 0 Å². The first-order chi connectivity index (χ1) is 7.45. The van der Waals surface area contributed by atoms with Gasteiger partial charge in [-0.15, -0.1) is 0 Å². The van der Waals surface area contributed by atoms with Crippen LogP contribution in [0.2, 0.25) is 0 Å². The van der Waals surface area contributed by atoms with E-state index in [0.29, 0.717) is 6.42 Å². The Morgan fingerprint density at radius 3 is 2.62 bits per heavy atom. The van der Waals surface area contributed by atoms with Gasteiger partial charge in [0.05, 0.1) is 6.54 Å². The molecule has 2 amide bonds. The molecule has 0 saturated carbocycles. The van der Waals surface area contributed by atoms with Crippen molar-refractivity contribution in [3.63, 3.8) is 0 Å². The lowest BCUT2D eigenvalue weighted by molar-refractivity contribution is -0.136. The molecule has 1 rings (SSSR count). The van der Waals surface area contributed by atoms with Crippen molar-refractivity contribution >= 4 is 11.8 Å². The number of alkyl halides is 2. The molecule has 1 saturated heterocycles. The molecule has 0 radical (unpaired) electrons. The summed E-state index contributed by atoms with van der Waals surface area (Å²) in [6.07, 6.45) is -2.08. The zero-order valence-electron chi connectivity index (χ0n) is 9.37. The Morgan fingerprint density at radius 1 is 1.50 bits per heavy atom.